The molecular formula is C17H24N2O6. The van der Waals surface area contributed by atoms with Gasteiger partial charge < -0.3 is 41.4 Å². The average Bonchev–Trinajstić information content (AvgIpc) is 2.58. The summed E-state index contributed by atoms with van der Waals surface area (Å²) in [6.45, 7) is 1.75. The zero-order valence-electron chi connectivity index (χ0n) is 14.0. The van der Waals surface area contributed by atoms with Gasteiger partial charge in [0.25, 0.3) is 0 Å². The molecule has 0 unspecified atom stereocenters. The molecule has 25 heavy (non-hydrogen) atoms. The largest absolute Gasteiger partial charge is 0.508 e. The monoisotopic (exact) mass is 352 g/mol. The van der Waals surface area contributed by atoms with Crippen LogP contribution in [0.25, 0.3) is 0 Å². The number of aromatic hydroxyl groups is 2. The Morgan fingerprint density at radius 3 is 1.64 bits per heavy atom. The number of benzene rings is 2. The molecule has 0 aromatic heterocycles. The second-order valence-electron chi connectivity index (χ2n) is 4.99. The van der Waals surface area contributed by atoms with Crippen molar-refractivity contribution in [3.05, 3.63) is 35.9 Å². The lowest BCUT2D eigenvalue weighted by Crippen LogP contribution is -2.07. The Bertz CT molecular complexity index is 629. The molecule has 8 N–H and O–H groups in total. The Morgan fingerprint density at radius 2 is 1.28 bits per heavy atom. The Balaban J connectivity index is 0.000000293. The predicted octanol–water partition coefficient (Wildman–Crippen LogP) is 0.999. The maximum Gasteiger partial charge on any atom is 0.146 e. The molecule has 138 valence electrons. The summed E-state index contributed by atoms with van der Waals surface area (Å²) in [6, 6.07) is 7.72. The molecule has 0 atom stereocenters. The molecule has 0 aliphatic carbocycles. The number of hydrogen-bond donors (Lipinski definition) is 6. The van der Waals surface area contributed by atoms with E-state index in [1.807, 2.05) is 0 Å². The number of aliphatic hydroxyl groups excluding tert-OH is 2. The molecule has 0 aliphatic rings. The summed E-state index contributed by atoms with van der Waals surface area (Å²) in [6.07, 6.45) is 0. The van der Waals surface area contributed by atoms with Crippen molar-refractivity contribution in [2.45, 2.75) is 6.92 Å². The third-order valence-corrected chi connectivity index (χ3v) is 3.12. The van der Waals surface area contributed by atoms with Gasteiger partial charge in [-0.05, 0) is 25.1 Å². The number of nitrogens with two attached hydrogens (primary N) is 2. The molecule has 0 aliphatic heterocycles. The summed E-state index contributed by atoms with van der Waals surface area (Å²) in [7, 11) is 0. The van der Waals surface area contributed by atoms with Crippen molar-refractivity contribution in [1.29, 1.82) is 0 Å². The number of phenols is 2. The van der Waals surface area contributed by atoms with E-state index in [4.69, 9.17) is 41.4 Å². The number of nitrogen functional groups attached to an aromatic ring is 2. The van der Waals surface area contributed by atoms with Crippen LogP contribution in [-0.4, -0.2) is 46.9 Å². The van der Waals surface area contributed by atoms with Crippen molar-refractivity contribution in [1.82, 2.24) is 0 Å². The molecule has 0 saturated heterocycles. The summed E-state index contributed by atoms with van der Waals surface area (Å²) in [5, 5.41) is 35.1. The van der Waals surface area contributed by atoms with Crippen LogP contribution in [0, 0.1) is 6.92 Å². The second-order valence-corrected chi connectivity index (χ2v) is 4.99. The van der Waals surface area contributed by atoms with Crippen molar-refractivity contribution in [3.8, 4) is 23.0 Å². The number of ether oxygens (including phenoxy) is 2. The van der Waals surface area contributed by atoms with E-state index in [1.54, 1.807) is 13.0 Å². The van der Waals surface area contributed by atoms with Gasteiger partial charge in [0.1, 0.15) is 36.2 Å². The highest BCUT2D eigenvalue weighted by atomic mass is 16.5. The van der Waals surface area contributed by atoms with E-state index < -0.39 is 0 Å². The number of hydrogen-bond acceptors (Lipinski definition) is 8. The minimum absolute atomic E-state index is 0.101. The van der Waals surface area contributed by atoms with Crippen molar-refractivity contribution < 1.29 is 29.9 Å². The molecule has 8 nitrogen and oxygen atoms in total. The van der Waals surface area contributed by atoms with Gasteiger partial charge in [-0.15, -0.1) is 0 Å². The first kappa shape index (κ1) is 20.2. The number of phenolic OH excluding ortho intramolecular Hbond substituents is 2. The van der Waals surface area contributed by atoms with Gasteiger partial charge in [0, 0.05) is 11.6 Å². The van der Waals surface area contributed by atoms with Crippen LogP contribution in [0.3, 0.4) is 0 Å². The molecule has 2 aromatic carbocycles. The van der Waals surface area contributed by atoms with E-state index in [0.29, 0.717) is 28.4 Å². The third-order valence-electron chi connectivity index (χ3n) is 3.12. The maximum absolute atomic E-state index is 8.94. The lowest BCUT2D eigenvalue weighted by atomic mass is 10.2. The summed E-state index contributed by atoms with van der Waals surface area (Å²) in [5.74, 6) is 1.07. The zero-order chi connectivity index (χ0) is 18.8. The van der Waals surface area contributed by atoms with Crippen molar-refractivity contribution in [2.24, 2.45) is 0 Å². The summed E-state index contributed by atoms with van der Waals surface area (Å²) < 4.78 is 10.4. The normalized spacial score (nSPS) is 9.88. The maximum atomic E-state index is 8.94. The highest BCUT2D eigenvalue weighted by molar-refractivity contribution is 5.67. The van der Waals surface area contributed by atoms with Crippen LogP contribution in [0.1, 0.15) is 5.56 Å². The zero-order valence-corrected chi connectivity index (χ0v) is 14.0. The highest BCUT2D eigenvalue weighted by Gasteiger charge is 2.08. The Morgan fingerprint density at radius 1 is 0.840 bits per heavy atom. The van der Waals surface area contributed by atoms with Crippen LogP contribution < -0.4 is 20.9 Å². The molecule has 0 radical (unpaired) electrons. The quantitative estimate of drug-likeness (QED) is 0.421. The van der Waals surface area contributed by atoms with E-state index >= 15 is 0 Å². The molecule has 0 spiro atoms. The lowest BCUT2D eigenvalue weighted by Gasteiger charge is -2.12. The first-order chi connectivity index (χ1) is 11.9. The van der Waals surface area contributed by atoms with Gasteiger partial charge in [-0.2, -0.15) is 0 Å². The van der Waals surface area contributed by atoms with Crippen LogP contribution in [0.5, 0.6) is 23.0 Å². The van der Waals surface area contributed by atoms with Crippen molar-refractivity contribution in [3.63, 3.8) is 0 Å². The van der Waals surface area contributed by atoms with Crippen LogP contribution in [0.15, 0.2) is 30.3 Å². The van der Waals surface area contributed by atoms with Gasteiger partial charge in [0.15, 0.2) is 0 Å². The number of anilines is 2. The molecule has 0 saturated carbocycles. The van der Waals surface area contributed by atoms with E-state index in [2.05, 4.69) is 0 Å². The third kappa shape index (κ3) is 6.28. The van der Waals surface area contributed by atoms with Crippen LogP contribution in [0.4, 0.5) is 11.4 Å². The SMILES string of the molecule is Cc1c(O)cccc1O.Nc1cc(N)c(OCCO)cc1OCCO. The van der Waals surface area contributed by atoms with Gasteiger partial charge in [-0.1, -0.05) is 6.07 Å². The van der Waals surface area contributed by atoms with E-state index in [-0.39, 0.29) is 37.9 Å². The van der Waals surface area contributed by atoms with Gasteiger partial charge in [-0.3, -0.25) is 0 Å². The molecule has 0 amide bonds. The first-order valence-corrected chi connectivity index (χ1v) is 7.54. The summed E-state index contributed by atoms with van der Waals surface area (Å²) >= 11 is 0. The van der Waals surface area contributed by atoms with Crippen LogP contribution in [-0.2, 0) is 0 Å². The summed E-state index contributed by atoms with van der Waals surface area (Å²) in [4.78, 5) is 0. The first-order valence-electron chi connectivity index (χ1n) is 7.54. The fraction of sp³-hybridized carbons (Fsp3) is 0.294. The van der Waals surface area contributed by atoms with E-state index in [9.17, 15) is 0 Å². The minimum Gasteiger partial charge on any atom is -0.508 e. The van der Waals surface area contributed by atoms with Gasteiger partial charge >= 0.3 is 0 Å². The molecule has 2 aromatic rings. The smallest absolute Gasteiger partial charge is 0.146 e. The summed E-state index contributed by atoms with van der Waals surface area (Å²) in [5.41, 5.74) is 12.6. The Hall–Kier alpha value is -2.84. The standard InChI is InChI=1S/C10H16N2O4.C7H8O2/c11-7-5-8(12)10(16-4-2-14)6-9(7)15-3-1-13;1-5-6(8)3-2-4-7(5)9/h5-6,13-14H,1-4,11-12H2;2-4,8-9H,1H3. The minimum atomic E-state index is -0.101. The van der Waals surface area contributed by atoms with E-state index in [1.165, 1.54) is 24.3 Å². The Kier molecular flexibility index (Phi) is 8.17. The molecule has 0 bridgehead atoms. The van der Waals surface area contributed by atoms with E-state index in [0.717, 1.165) is 0 Å². The molecule has 0 heterocycles. The highest BCUT2D eigenvalue weighted by Crippen LogP contribution is 2.32. The Labute approximate surface area is 145 Å². The fourth-order valence-corrected chi connectivity index (χ4v) is 1.77. The fourth-order valence-electron chi connectivity index (χ4n) is 1.77. The number of rotatable bonds is 6. The number of aliphatic hydroxyl groups is 2. The van der Waals surface area contributed by atoms with Gasteiger partial charge in [0.05, 0.1) is 24.6 Å². The van der Waals surface area contributed by atoms with Gasteiger partial charge in [-0.25, -0.2) is 0 Å². The van der Waals surface area contributed by atoms with Gasteiger partial charge in [0.2, 0.25) is 0 Å². The predicted molar refractivity (Wildman–Crippen MR) is 94.9 cm³/mol. The van der Waals surface area contributed by atoms with Crippen LogP contribution >= 0.6 is 0 Å². The molecule has 8 heteroatoms. The lowest BCUT2D eigenvalue weighted by molar-refractivity contribution is 0.195. The average molecular weight is 352 g/mol. The van der Waals surface area contributed by atoms with Crippen molar-refractivity contribution >= 4 is 11.4 Å². The molecule has 0 fully saturated rings. The second kappa shape index (κ2) is 10.1. The molecule has 2 rings (SSSR count). The molecular weight excluding hydrogens is 328 g/mol. The van der Waals surface area contributed by atoms with Crippen LogP contribution in [0.2, 0.25) is 0 Å². The van der Waals surface area contributed by atoms with Crippen molar-refractivity contribution in [2.75, 3.05) is 37.9 Å². The topological polar surface area (TPSA) is 151 Å².